The summed E-state index contributed by atoms with van der Waals surface area (Å²) in [6, 6.07) is 9.14. The molecule has 1 aliphatic carbocycles. The minimum atomic E-state index is -4.88. The summed E-state index contributed by atoms with van der Waals surface area (Å²) in [5.74, 6) is 0. The first kappa shape index (κ1) is 30.2. The average molecular weight is 539 g/mol. The minimum absolute atomic E-state index is 0. The van der Waals surface area contributed by atoms with Gasteiger partial charge in [0.25, 0.3) is 10.1 Å². The molecule has 0 aliphatic heterocycles. The van der Waals surface area contributed by atoms with Crippen LogP contribution in [0.2, 0.25) is 0 Å². The Hall–Kier alpha value is -2.05. The van der Waals surface area contributed by atoms with Crippen molar-refractivity contribution in [2.75, 3.05) is 18.4 Å². The van der Waals surface area contributed by atoms with Crippen molar-refractivity contribution < 1.29 is 55.5 Å². The van der Waals surface area contributed by atoms with E-state index in [4.69, 9.17) is 0 Å². The maximum Gasteiger partial charge on any atom is 1.00 e. The molecule has 8 nitrogen and oxygen atoms in total. The van der Waals surface area contributed by atoms with Gasteiger partial charge in [0.2, 0.25) is 0 Å². The fourth-order valence-electron chi connectivity index (χ4n) is 3.71. The van der Waals surface area contributed by atoms with Crippen LogP contribution in [0.1, 0.15) is 30.5 Å². The second kappa shape index (κ2) is 12.5. The van der Waals surface area contributed by atoms with Crippen LogP contribution in [0.5, 0.6) is 0 Å². The van der Waals surface area contributed by atoms with Crippen molar-refractivity contribution in [3.8, 4) is 0 Å². The number of anilines is 1. The van der Waals surface area contributed by atoms with Gasteiger partial charge in [0.05, 0.1) is 10.6 Å². The van der Waals surface area contributed by atoms with E-state index < -0.39 is 30.0 Å². The van der Waals surface area contributed by atoms with Gasteiger partial charge in [-0.1, -0.05) is 24.3 Å². The molecule has 0 atom stereocenters. The standard InChI is InChI=1S/C25H28N2O6S2.Na/c1-4-26-23-9-5-19(13-17(23)2)11-12-27-24-10-6-20(14-18(24)3)15-21-7-8-22(34(28,29)30)16-25(21)35(31,32)33;/h5-10,13-16,26H,4,11-12H2,1-3H3,(H,28,29,30)(H,31,32,33);/q;+1/p-1. The molecule has 186 valence electrons. The molecule has 0 saturated heterocycles. The number of nitrogens with zero attached hydrogens (tertiary/aromatic N) is 1. The van der Waals surface area contributed by atoms with Crippen LogP contribution in [-0.2, 0) is 26.7 Å². The van der Waals surface area contributed by atoms with Gasteiger partial charge in [-0.3, -0.25) is 9.55 Å². The van der Waals surface area contributed by atoms with Crippen LogP contribution in [0.4, 0.5) is 5.69 Å². The van der Waals surface area contributed by atoms with E-state index in [-0.39, 0.29) is 35.1 Å². The summed E-state index contributed by atoms with van der Waals surface area (Å²) in [5.41, 5.74) is 5.84. The van der Waals surface area contributed by atoms with Crippen LogP contribution in [0, 0.1) is 6.92 Å². The Morgan fingerprint density at radius 3 is 2.36 bits per heavy atom. The van der Waals surface area contributed by atoms with Crippen molar-refractivity contribution in [1.29, 1.82) is 0 Å². The maximum absolute atomic E-state index is 11.8. The Morgan fingerprint density at radius 1 is 1.06 bits per heavy atom. The molecule has 0 radical (unpaired) electrons. The fourth-order valence-corrected chi connectivity index (χ4v) is 4.99. The molecule has 2 aromatic rings. The number of rotatable bonds is 8. The third-order valence-electron chi connectivity index (χ3n) is 5.44. The van der Waals surface area contributed by atoms with Crippen LogP contribution < -0.4 is 34.9 Å². The Labute approximate surface area is 234 Å². The quantitative estimate of drug-likeness (QED) is 0.380. The van der Waals surface area contributed by atoms with E-state index in [1.54, 1.807) is 12.2 Å². The molecule has 0 heterocycles. The molecule has 1 aliphatic rings. The Morgan fingerprint density at radius 2 is 1.78 bits per heavy atom. The van der Waals surface area contributed by atoms with Gasteiger partial charge in [-0.25, -0.2) is 8.42 Å². The molecular weight excluding hydrogens is 511 g/mol. The first-order chi connectivity index (χ1) is 16.4. The van der Waals surface area contributed by atoms with Gasteiger partial charge in [0, 0.05) is 18.8 Å². The summed E-state index contributed by atoms with van der Waals surface area (Å²) < 4.78 is 66.8. The fraction of sp³-hybridized carbons (Fsp3) is 0.240. The van der Waals surface area contributed by atoms with E-state index in [1.165, 1.54) is 23.3 Å². The summed E-state index contributed by atoms with van der Waals surface area (Å²) in [7, 11) is -9.64. The topological polar surface area (TPSA) is 136 Å². The zero-order valence-corrected chi connectivity index (χ0v) is 24.3. The Bertz CT molecular complexity index is 1470. The van der Waals surface area contributed by atoms with E-state index in [0.29, 0.717) is 18.2 Å². The molecule has 0 spiro atoms. The Balaban J connectivity index is 0.00000456. The van der Waals surface area contributed by atoms with Gasteiger partial charge < -0.3 is 9.87 Å². The number of aryl methyl sites for hydroxylation is 1. The van der Waals surface area contributed by atoms with Gasteiger partial charge in [-0.2, -0.15) is 8.42 Å². The molecule has 2 aromatic carbocycles. The van der Waals surface area contributed by atoms with E-state index in [0.717, 1.165) is 36.0 Å². The number of benzene rings is 2. The molecule has 11 heteroatoms. The van der Waals surface area contributed by atoms with Gasteiger partial charge in [0.15, 0.2) is 0 Å². The van der Waals surface area contributed by atoms with E-state index >= 15 is 0 Å². The van der Waals surface area contributed by atoms with Gasteiger partial charge in [-0.05, 0) is 91.5 Å². The number of aliphatic imine (C=N–C) groups is 1. The molecule has 0 bridgehead atoms. The molecule has 36 heavy (non-hydrogen) atoms. The zero-order chi connectivity index (χ0) is 25.8. The van der Waals surface area contributed by atoms with Gasteiger partial charge in [-0.15, -0.1) is 0 Å². The summed E-state index contributed by atoms with van der Waals surface area (Å²) in [6.45, 7) is 7.47. The second-order valence-electron chi connectivity index (χ2n) is 8.13. The first-order valence-electron chi connectivity index (χ1n) is 10.9. The predicted molar refractivity (Wildman–Crippen MR) is 136 cm³/mol. The molecule has 2 N–H and O–H groups in total. The normalized spacial score (nSPS) is 16.1. The van der Waals surface area contributed by atoms with Crippen molar-refractivity contribution in [2.45, 2.75) is 37.0 Å². The minimum Gasteiger partial charge on any atom is -0.744 e. The van der Waals surface area contributed by atoms with Crippen LogP contribution in [-0.4, -0.2) is 44.7 Å². The summed E-state index contributed by atoms with van der Waals surface area (Å²) >= 11 is 0. The number of hydrogen-bond acceptors (Lipinski definition) is 7. The van der Waals surface area contributed by atoms with Crippen molar-refractivity contribution >= 4 is 37.7 Å². The Kier molecular flexibility index (Phi) is 10.4. The molecule has 0 aromatic heterocycles. The maximum atomic E-state index is 11.8. The molecule has 0 amide bonds. The van der Waals surface area contributed by atoms with Crippen LogP contribution in [0.15, 0.2) is 80.6 Å². The van der Waals surface area contributed by atoms with E-state index in [9.17, 15) is 25.9 Å². The largest absolute Gasteiger partial charge is 1.00 e. The second-order valence-corrected chi connectivity index (χ2v) is 10.9. The molecule has 3 rings (SSSR count). The predicted octanol–water partition coefficient (Wildman–Crippen LogP) is 1.16. The molecular formula is C25H27N2NaO6S2. The number of allylic oxidation sites excluding steroid dienone is 5. The van der Waals surface area contributed by atoms with Crippen molar-refractivity contribution in [3.63, 3.8) is 0 Å². The third kappa shape index (κ3) is 7.97. The molecule has 0 saturated carbocycles. The number of nitrogens with one attached hydrogen (secondary N) is 1. The summed E-state index contributed by atoms with van der Waals surface area (Å²) in [4.78, 5) is 3.27. The van der Waals surface area contributed by atoms with Gasteiger partial charge >= 0.3 is 29.6 Å². The monoisotopic (exact) mass is 538 g/mol. The summed E-state index contributed by atoms with van der Waals surface area (Å²) in [6.07, 6.45) is 7.63. The third-order valence-corrected chi connectivity index (χ3v) is 7.18. The van der Waals surface area contributed by atoms with E-state index in [2.05, 4.69) is 42.4 Å². The number of hydrogen-bond donors (Lipinski definition) is 2. The van der Waals surface area contributed by atoms with Crippen LogP contribution in [0.25, 0.3) is 6.08 Å². The van der Waals surface area contributed by atoms with Gasteiger partial charge in [0.1, 0.15) is 15.0 Å². The van der Waals surface area contributed by atoms with Crippen molar-refractivity contribution in [1.82, 2.24) is 0 Å². The summed E-state index contributed by atoms with van der Waals surface area (Å²) in [5, 5.41) is 3.32. The molecule has 0 unspecified atom stereocenters. The zero-order valence-electron chi connectivity index (χ0n) is 20.6. The SMILES string of the molecule is CCNc1ccc(CCN=C2C=CC(=Cc3ccc(S(=O)(=O)[O-])cc3S(=O)(=O)O)C=C2C)cc1C.[Na+]. The van der Waals surface area contributed by atoms with Crippen molar-refractivity contribution in [3.05, 3.63) is 82.5 Å². The molecule has 0 fully saturated rings. The van der Waals surface area contributed by atoms with Crippen LogP contribution >= 0.6 is 0 Å². The first-order valence-corrected chi connectivity index (χ1v) is 13.8. The van der Waals surface area contributed by atoms with E-state index in [1.807, 2.05) is 13.0 Å². The van der Waals surface area contributed by atoms with Crippen molar-refractivity contribution in [2.24, 2.45) is 4.99 Å². The average Bonchev–Trinajstić information content (AvgIpc) is 2.76. The smallest absolute Gasteiger partial charge is 0.744 e. The van der Waals surface area contributed by atoms with Crippen LogP contribution in [0.3, 0.4) is 0 Å².